The topological polar surface area (TPSA) is 92.8 Å². The number of pyridine rings is 1. The first kappa shape index (κ1) is 27.8. The fourth-order valence-corrected chi connectivity index (χ4v) is 5.03. The molecule has 6 rings (SSSR count). The van der Waals surface area contributed by atoms with Crippen LogP contribution in [0.5, 0.6) is 17.2 Å². The molecule has 0 spiro atoms. The largest absolute Gasteiger partial charge is 0.488 e. The maximum Gasteiger partial charge on any atom is 0.416 e. The van der Waals surface area contributed by atoms with Crippen LogP contribution in [0.4, 0.5) is 24.7 Å². The maximum atomic E-state index is 13.6. The quantitative estimate of drug-likeness (QED) is 0.328. The molecular formula is C31H29F3N4O4. The summed E-state index contributed by atoms with van der Waals surface area (Å²) in [5, 5.41) is 5.41. The normalized spacial score (nSPS) is 16.7. The molecule has 3 aromatic rings. The second kappa shape index (κ2) is 11.5. The highest BCUT2D eigenvalue weighted by Crippen LogP contribution is 2.35. The highest BCUT2D eigenvalue weighted by molar-refractivity contribution is 6.07. The number of alkyl halides is 3. The van der Waals surface area contributed by atoms with Crippen LogP contribution < -0.4 is 20.1 Å². The Morgan fingerprint density at radius 3 is 2.55 bits per heavy atom. The summed E-state index contributed by atoms with van der Waals surface area (Å²) in [6, 6.07) is 12.1. The van der Waals surface area contributed by atoms with Crippen LogP contribution in [0.3, 0.4) is 0 Å². The van der Waals surface area contributed by atoms with Gasteiger partial charge in [0.25, 0.3) is 5.91 Å². The number of aromatic nitrogens is 1. The number of hydrogen-bond acceptors (Lipinski definition) is 6. The standard InChI is InChI=1S/C31H29F3N4O4/c32-31(33,34)23-11-19(17-38-9-1-2-10-38)12-24(15-23)36-30(40)22-13-21-14-25(5-6-27(21)41-18-22)42-26-7-8-35-28(16-26)37-29(39)20-3-4-20/h5-8,11-16,20H,1-4,9-10,17-18H2,(H,36,40)(H,35,37,39). The summed E-state index contributed by atoms with van der Waals surface area (Å²) in [6.45, 7) is 2.03. The summed E-state index contributed by atoms with van der Waals surface area (Å²) in [7, 11) is 0. The predicted molar refractivity (Wildman–Crippen MR) is 150 cm³/mol. The Morgan fingerprint density at radius 2 is 1.79 bits per heavy atom. The van der Waals surface area contributed by atoms with Crippen molar-refractivity contribution in [2.24, 2.45) is 5.92 Å². The van der Waals surface area contributed by atoms with Gasteiger partial charge in [0, 0.05) is 36.0 Å². The Bertz CT molecular complexity index is 1550. The van der Waals surface area contributed by atoms with E-state index in [1.165, 1.54) is 6.20 Å². The average Bonchev–Trinajstić information content (AvgIpc) is 3.69. The molecular weight excluding hydrogens is 549 g/mol. The third-order valence-electron chi connectivity index (χ3n) is 7.34. The van der Waals surface area contributed by atoms with Crippen LogP contribution in [-0.4, -0.2) is 41.4 Å². The Balaban J connectivity index is 1.17. The van der Waals surface area contributed by atoms with Gasteiger partial charge in [-0.1, -0.05) is 0 Å². The monoisotopic (exact) mass is 578 g/mol. The van der Waals surface area contributed by atoms with Crippen molar-refractivity contribution in [1.82, 2.24) is 9.88 Å². The molecule has 2 aromatic carbocycles. The number of fused-ring (bicyclic) bond motifs is 1. The molecule has 11 heteroatoms. The van der Waals surface area contributed by atoms with E-state index >= 15 is 0 Å². The predicted octanol–water partition coefficient (Wildman–Crippen LogP) is 6.25. The van der Waals surface area contributed by atoms with Crippen LogP contribution in [0.25, 0.3) is 6.08 Å². The van der Waals surface area contributed by atoms with Crippen molar-refractivity contribution in [2.45, 2.75) is 38.4 Å². The van der Waals surface area contributed by atoms with Crippen LogP contribution in [0.15, 0.2) is 60.3 Å². The number of carbonyl (C=O) groups is 2. The minimum Gasteiger partial charge on any atom is -0.488 e. The van der Waals surface area contributed by atoms with E-state index in [0.29, 0.717) is 40.7 Å². The Kier molecular flexibility index (Phi) is 7.59. The zero-order chi connectivity index (χ0) is 29.3. The van der Waals surface area contributed by atoms with Gasteiger partial charge in [0.2, 0.25) is 5.91 Å². The van der Waals surface area contributed by atoms with E-state index in [2.05, 4.69) is 20.5 Å². The number of halogens is 3. The zero-order valence-corrected chi connectivity index (χ0v) is 22.7. The van der Waals surface area contributed by atoms with Crippen LogP contribution >= 0.6 is 0 Å². The Labute approximate surface area is 240 Å². The molecule has 3 heterocycles. The molecule has 0 atom stereocenters. The fourth-order valence-electron chi connectivity index (χ4n) is 5.03. The fraction of sp³-hybridized carbons (Fsp3) is 0.323. The number of hydrogen-bond donors (Lipinski definition) is 2. The molecule has 2 N–H and O–H groups in total. The van der Waals surface area contributed by atoms with Crippen molar-refractivity contribution >= 4 is 29.4 Å². The smallest absolute Gasteiger partial charge is 0.416 e. The third-order valence-corrected chi connectivity index (χ3v) is 7.34. The van der Waals surface area contributed by atoms with Gasteiger partial charge in [0.05, 0.1) is 11.1 Å². The van der Waals surface area contributed by atoms with Crippen LogP contribution in [0.1, 0.15) is 42.4 Å². The number of amides is 2. The zero-order valence-electron chi connectivity index (χ0n) is 22.7. The van der Waals surface area contributed by atoms with Gasteiger partial charge in [-0.05, 0) is 92.9 Å². The lowest BCUT2D eigenvalue weighted by molar-refractivity contribution is -0.137. The number of nitrogens with one attached hydrogen (secondary N) is 2. The highest BCUT2D eigenvalue weighted by Gasteiger charge is 2.32. The van der Waals surface area contributed by atoms with Gasteiger partial charge in [-0.3, -0.25) is 14.5 Å². The van der Waals surface area contributed by atoms with E-state index in [1.54, 1.807) is 42.5 Å². The average molecular weight is 579 g/mol. The Morgan fingerprint density at radius 1 is 1.00 bits per heavy atom. The summed E-state index contributed by atoms with van der Waals surface area (Å²) in [4.78, 5) is 31.4. The molecule has 2 aliphatic heterocycles. The number of nitrogens with zero attached hydrogens (tertiary/aromatic N) is 2. The molecule has 1 aromatic heterocycles. The first-order valence-electron chi connectivity index (χ1n) is 13.9. The van der Waals surface area contributed by atoms with E-state index in [1.807, 2.05) is 0 Å². The van der Waals surface area contributed by atoms with Gasteiger partial charge in [-0.2, -0.15) is 13.2 Å². The van der Waals surface area contributed by atoms with E-state index in [-0.39, 0.29) is 29.7 Å². The number of benzene rings is 2. The Hall–Kier alpha value is -4.38. The number of ether oxygens (including phenoxy) is 2. The van der Waals surface area contributed by atoms with Crippen molar-refractivity contribution in [3.63, 3.8) is 0 Å². The summed E-state index contributed by atoms with van der Waals surface area (Å²) in [6.07, 6.45) is 2.43. The lowest BCUT2D eigenvalue weighted by Crippen LogP contribution is -2.22. The number of rotatable bonds is 8. The van der Waals surface area contributed by atoms with Gasteiger partial charge in [-0.15, -0.1) is 0 Å². The van der Waals surface area contributed by atoms with Crippen LogP contribution in [-0.2, 0) is 22.3 Å². The molecule has 0 unspecified atom stereocenters. The van der Waals surface area contributed by atoms with E-state index in [4.69, 9.17) is 9.47 Å². The van der Waals surface area contributed by atoms with Gasteiger partial charge in [0.1, 0.15) is 29.7 Å². The lowest BCUT2D eigenvalue weighted by Gasteiger charge is -2.20. The molecule has 2 fully saturated rings. The molecule has 1 aliphatic carbocycles. The van der Waals surface area contributed by atoms with Crippen molar-refractivity contribution in [1.29, 1.82) is 0 Å². The number of likely N-dealkylation sites (tertiary alicyclic amines) is 1. The van der Waals surface area contributed by atoms with Crippen LogP contribution in [0.2, 0.25) is 0 Å². The second-order valence-electron chi connectivity index (χ2n) is 10.8. The second-order valence-corrected chi connectivity index (χ2v) is 10.8. The SMILES string of the molecule is O=C(Nc1cc(CN2CCCC2)cc(C(F)(F)F)c1)C1=Cc2cc(Oc3ccnc(NC(=O)C4CC4)c3)ccc2OC1. The van der Waals surface area contributed by atoms with E-state index in [9.17, 15) is 22.8 Å². The molecule has 0 radical (unpaired) electrons. The van der Waals surface area contributed by atoms with Crippen molar-refractivity contribution in [3.8, 4) is 17.2 Å². The van der Waals surface area contributed by atoms with Gasteiger partial charge < -0.3 is 20.1 Å². The van der Waals surface area contributed by atoms with E-state index < -0.39 is 17.6 Å². The first-order valence-corrected chi connectivity index (χ1v) is 13.9. The lowest BCUT2D eigenvalue weighted by atomic mass is 10.1. The summed E-state index contributed by atoms with van der Waals surface area (Å²) in [5.41, 5.74) is 0.609. The molecule has 0 bridgehead atoms. The van der Waals surface area contributed by atoms with Crippen molar-refractivity contribution in [3.05, 3.63) is 77.0 Å². The summed E-state index contributed by atoms with van der Waals surface area (Å²) >= 11 is 0. The minimum atomic E-state index is -4.54. The summed E-state index contributed by atoms with van der Waals surface area (Å²) in [5.74, 6) is 1.29. The molecule has 1 saturated heterocycles. The number of carbonyl (C=O) groups excluding carboxylic acids is 2. The number of anilines is 2. The van der Waals surface area contributed by atoms with Gasteiger partial charge in [-0.25, -0.2) is 4.98 Å². The first-order chi connectivity index (χ1) is 20.2. The molecule has 1 saturated carbocycles. The highest BCUT2D eigenvalue weighted by atomic mass is 19.4. The maximum absolute atomic E-state index is 13.6. The third kappa shape index (κ3) is 6.73. The van der Waals surface area contributed by atoms with E-state index in [0.717, 1.165) is 50.9 Å². The van der Waals surface area contributed by atoms with Crippen molar-refractivity contribution < 1.29 is 32.2 Å². The molecule has 218 valence electrons. The molecule has 2 amide bonds. The molecule has 8 nitrogen and oxygen atoms in total. The van der Waals surface area contributed by atoms with Gasteiger partial charge in [0.15, 0.2) is 0 Å². The van der Waals surface area contributed by atoms with Crippen LogP contribution in [0, 0.1) is 5.92 Å². The molecule has 42 heavy (non-hydrogen) atoms. The minimum absolute atomic E-state index is 0.0347. The molecule has 3 aliphatic rings. The van der Waals surface area contributed by atoms with Gasteiger partial charge >= 0.3 is 6.18 Å². The van der Waals surface area contributed by atoms with Crippen molar-refractivity contribution in [2.75, 3.05) is 30.3 Å². The summed E-state index contributed by atoms with van der Waals surface area (Å²) < 4.78 is 52.6.